The van der Waals surface area contributed by atoms with Crippen LogP contribution in [0.15, 0.2) is 36.5 Å². The van der Waals surface area contributed by atoms with E-state index in [0.29, 0.717) is 5.75 Å². The van der Waals surface area contributed by atoms with Crippen molar-refractivity contribution in [3.05, 3.63) is 47.7 Å². The number of anilines is 2. The van der Waals surface area contributed by atoms with Crippen molar-refractivity contribution >= 4 is 11.5 Å². The average Bonchev–Trinajstić information content (AvgIpc) is 2.39. The highest BCUT2D eigenvalue weighted by Crippen LogP contribution is 2.27. The second kappa shape index (κ2) is 5.82. The van der Waals surface area contributed by atoms with Gasteiger partial charge in [0.2, 0.25) is 0 Å². The molecular weight excluding hydrogens is 250 g/mol. The summed E-state index contributed by atoms with van der Waals surface area (Å²) in [5, 5.41) is 13.3. The summed E-state index contributed by atoms with van der Waals surface area (Å²) >= 11 is 0. The van der Waals surface area contributed by atoms with Crippen LogP contribution in [0.2, 0.25) is 0 Å². The maximum Gasteiger partial charge on any atom is 0.128 e. The molecule has 1 heterocycles. The second-order valence-electron chi connectivity index (χ2n) is 5.23. The average molecular weight is 271 g/mol. The maximum absolute atomic E-state index is 9.99. The number of nitrogens with one attached hydrogen (secondary N) is 1. The summed E-state index contributed by atoms with van der Waals surface area (Å²) in [5.41, 5.74) is 2.87. The van der Waals surface area contributed by atoms with Crippen molar-refractivity contribution in [2.45, 2.75) is 19.9 Å². The van der Waals surface area contributed by atoms with E-state index in [0.717, 1.165) is 22.6 Å². The Kier molecular flexibility index (Phi) is 4.13. The molecule has 0 radical (unpaired) electrons. The molecule has 0 aliphatic carbocycles. The van der Waals surface area contributed by atoms with E-state index in [1.54, 1.807) is 12.3 Å². The number of aromatic nitrogens is 1. The third-order valence-electron chi connectivity index (χ3n) is 3.24. The normalized spacial score (nSPS) is 12.0. The molecule has 0 spiro atoms. The minimum atomic E-state index is 0.0163. The number of phenols is 1. The minimum absolute atomic E-state index is 0.0163. The van der Waals surface area contributed by atoms with Gasteiger partial charge in [0.25, 0.3) is 0 Å². The second-order valence-corrected chi connectivity index (χ2v) is 5.23. The quantitative estimate of drug-likeness (QED) is 0.895. The van der Waals surface area contributed by atoms with Crippen LogP contribution in [0.3, 0.4) is 0 Å². The van der Waals surface area contributed by atoms with Gasteiger partial charge < -0.3 is 15.3 Å². The summed E-state index contributed by atoms with van der Waals surface area (Å²) in [5.74, 6) is 1.24. The van der Waals surface area contributed by atoms with Gasteiger partial charge in [0, 0.05) is 19.7 Å². The van der Waals surface area contributed by atoms with Crippen LogP contribution in [0.1, 0.15) is 24.1 Å². The van der Waals surface area contributed by atoms with E-state index in [1.165, 1.54) is 0 Å². The number of rotatable bonds is 4. The molecule has 1 aromatic carbocycles. The summed E-state index contributed by atoms with van der Waals surface area (Å²) in [6.45, 7) is 3.98. The molecule has 0 saturated carbocycles. The number of hydrogen-bond acceptors (Lipinski definition) is 4. The molecule has 1 atom stereocenters. The van der Waals surface area contributed by atoms with E-state index in [1.807, 2.05) is 57.1 Å². The van der Waals surface area contributed by atoms with Crippen molar-refractivity contribution in [1.29, 1.82) is 0 Å². The molecule has 2 aromatic rings. The Morgan fingerprint density at radius 2 is 1.95 bits per heavy atom. The Morgan fingerprint density at radius 1 is 1.20 bits per heavy atom. The molecule has 20 heavy (non-hydrogen) atoms. The van der Waals surface area contributed by atoms with Crippen LogP contribution in [0.4, 0.5) is 11.5 Å². The molecule has 0 aliphatic rings. The van der Waals surface area contributed by atoms with Gasteiger partial charge in [0.15, 0.2) is 0 Å². The summed E-state index contributed by atoms with van der Waals surface area (Å²) in [4.78, 5) is 6.32. The fourth-order valence-corrected chi connectivity index (χ4v) is 2.08. The van der Waals surface area contributed by atoms with Crippen molar-refractivity contribution in [3.63, 3.8) is 0 Å². The van der Waals surface area contributed by atoms with Crippen LogP contribution < -0.4 is 10.2 Å². The van der Waals surface area contributed by atoms with Crippen LogP contribution >= 0.6 is 0 Å². The third kappa shape index (κ3) is 3.20. The predicted molar refractivity (Wildman–Crippen MR) is 83.4 cm³/mol. The van der Waals surface area contributed by atoms with Gasteiger partial charge in [0.05, 0.1) is 17.9 Å². The first-order valence-corrected chi connectivity index (χ1v) is 6.67. The van der Waals surface area contributed by atoms with Crippen molar-refractivity contribution < 1.29 is 5.11 Å². The molecule has 2 N–H and O–H groups in total. The van der Waals surface area contributed by atoms with Crippen molar-refractivity contribution in [3.8, 4) is 5.75 Å². The lowest BCUT2D eigenvalue weighted by molar-refractivity contribution is 0.465. The van der Waals surface area contributed by atoms with Gasteiger partial charge in [0.1, 0.15) is 11.6 Å². The summed E-state index contributed by atoms with van der Waals surface area (Å²) in [6, 6.07) is 9.70. The molecule has 0 saturated heterocycles. The van der Waals surface area contributed by atoms with E-state index in [2.05, 4.69) is 10.3 Å². The number of benzene rings is 1. The fraction of sp³-hybridized carbons (Fsp3) is 0.312. The number of pyridine rings is 1. The monoisotopic (exact) mass is 271 g/mol. The van der Waals surface area contributed by atoms with Crippen LogP contribution in [-0.4, -0.2) is 24.2 Å². The molecule has 106 valence electrons. The zero-order valence-corrected chi connectivity index (χ0v) is 12.4. The lowest BCUT2D eigenvalue weighted by Gasteiger charge is -2.18. The Labute approximate surface area is 120 Å². The minimum Gasteiger partial charge on any atom is -0.508 e. The van der Waals surface area contributed by atoms with Crippen molar-refractivity contribution in [2.24, 2.45) is 0 Å². The highest BCUT2D eigenvalue weighted by atomic mass is 16.3. The fourth-order valence-electron chi connectivity index (χ4n) is 2.08. The Balaban J connectivity index is 2.12. The van der Waals surface area contributed by atoms with Crippen molar-refractivity contribution in [1.82, 2.24) is 4.98 Å². The van der Waals surface area contributed by atoms with Gasteiger partial charge in [-0.15, -0.1) is 0 Å². The van der Waals surface area contributed by atoms with Gasteiger partial charge in [-0.05, 0) is 37.6 Å². The maximum atomic E-state index is 9.99. The molecule has 0 aliphatic heterocycles. The molecule has 2 rings (SSSR count). The summed E-state index contributed by atoms with van der Waals surface area (Å²) in [7, 11) is 3.92. The predicted octanol–water partition coefficient (Wildman–Crippen LogP) is 3.33. The Morgan fingerprint density at radius 3 is 2.50 bits per heavy atom. The number of hydrogen-bond donors (Lipinski definition) is 2. The topological polar surface area (TPSA) is 48.4 Å². The van der Waals surface area contributed by atoms with E-state index < -0.39 is 0 Å². The first-order chi connectivity index (χ1) is 9.47. The molecular formula is C16H21N3O. The molecule has 4 nitrogen and oxygen atoms in total. The van der Waals surface area contributed by atoms with Crippen LogP contribution in [-0.2, 0) is 0 Å². The number of aromatic hydroxyl groups is 1. The van der Waals surface area contributed by atoms with Crippen LogP contribution in [0, 0.1) is 6.92 Å². The third-order valence-corrected chi connectivity index (χ3v) is 3.24. The van der Waals surface area contributed by atoms with E-state index in [9.17, 15) is 5.11 Å². The van der Waals surface area contributed by atoms with Crippen LogP contribution in [0.5, 0.6) is 5.75 Å². The molecule has 1 unspecified atom stereocenters. The summed E-state index contributed by atoms with van der Waals surface area (Å²) in [6.07, 6.45) is 1.80. The SMILES string of the molecule is Cc1ccc(C(C)Nc2ccc(N(C)C)nc2)c(O)c1. The van der Waals surface area contributed by atoms with Gasteiger partial charge in [-0.2, -0.15) is 0 Å². The number of phenolic OH excluding ortho intramolecular Hbond substituents is 1. The standard InChI is InChI=1S/C16H21N3O/c1-11-5-7-14(15(20)9-11)12(2)18-13-6-8-16(17-10-13)19(3)4/h5-10,12,18,20H,1-4H3. The van der Waals surface area contributed by atoms with Gasteiger partial charge in [-0.25, -0.2) is 4.98 Å². The Hall–Kier alpha value is -2.23. The van der Waals surface area contributed by atoms with E-state index in [-0.39, 0.29) is 6.04 Å². The number of aryl methyl sites for hydroxylation is 1. The first-order valence-electron chi connectivity index (χ1n) is 6.67. The largest absolute Gasteiger partial charge is 0.508 e. The Bertz CT molecular complexity index is 579. The first kappa shape index (κ1) is 14.2. The van der Waals surface area contributed by atoms with Crippen molar-refractivity contribution in [2.75, 3.05) is 24.3 Å². The zero-order valence-electron chi connectivity index (χ0n) is 12.4. The molecule has 4 heteroatoms. The smallest absolute Gasteiger partial charge is 0.128 e. The van der Waals surface area contributed by atoms with Crippen LogP contribution in [0.25, 0.3) is 0 Å². The lowest BCUT2D eigenvalue weighted by Crippen LogP contribution is -2.11. The zero-order chi connectivity index (χ0) is 14.7. The molecule has 0 fully saturated rings. The van der Waals surface area contributed by atoms with E-state index in [4.69, 9.17) is 0 Å². The van der Waals surface area contributed by atoms with E-state index >= 15 is 0 Å². The van der Waals surface area contributed by atoms with Gasteiger partial charge in [-0.3, -0.25) is 0 Å². The molecule has 0 bridgehead atoms. The number of nitrogens with zero attached hydrogens (tertiary/aromatic N) is 2. The molecule has 1 aromatic heterocycles. The lowest BCUT2D eigenvalue weighted by atomic mass is 10.0. The highest BCUT2D eigenvalue weighted by molar-refractivity contribution is 5.50. The van der Waals surface area contributed by atoms with Gasteiger partial charge in [-0.1, -0.05) is 12.1 Å². The highest BCUT2D eigenvalue weighted by Gasteiger charge is 2.10. The van der Waals surface area contributed by atoms with Gasteiger partial charge >= 0.3 is 0 Å². The molecule has 0 amide bonds. The summed E-state index contributed by atoms with van der Waals surface area (Å²) < 4.78 is 0.